The zero-order chi connectivity index (χ0) is 10.6. The molecule has 0 unspecified atom stereocenters. The highest BCUT2D eigenvalue weighted by atomic mass is 15.0. The fourth-order valence-corrected chi connectivity index (χ4v) is 1.87. The van der Waals surface area contributed by atoms with Crippen LogP contribution in [0.25, 0.3) is 0 Å². The van der Waals surface area contributed by atoms with Crippen molar-refractivity contribution < 1.29 is 0 Å². The highest BCUT2D eigenvalue weighted by Gasteiger charge is 2.14. The Balaban J connectivity index is 2.86. The third-order valence-corrected chi connectivity index (χ3v) is 2.75. The summed E-state index contributed by atoms with van der Waals surface area (Å²) in [6, 6.07) is 0. The number of hydrogen-bond acceptors (Lipinski definition) is 2. The van der Waals surface area contributed by atoms with Gasteiger partial charge >= 0.3 is 0 Å². The van der Waals surface area contributed by atoms with E-state index in [1.165, 1.54) is 22.8 Å². The molecule has 0 aromatic heterocycles. The fourth-order valence-electron chi connectivity index (χ4n) is 1.87. The lowest BCUT2D eigenvalue weighted by Gasteiger charge is -2.27. The molecule has 0 aromatic rings. The van der Waals surface area contributed by atoms with Gasteiger partial charge in [-0.15, -0.1) is 0 Å². The van der Waals surface area contributed by atoms with Crippen molar-refractivity contribution in [3.8, 4) is 0 Å². The van der Waals surface area contributed by atoms with Gasteiger partial charge in [0.05, 0.1) is 0 Å². The lowest BCUT2D eigenvalue weighted by Crippen LogP contribution is -2.30. The maximum atomic E-state index is 3.55. The smallest absolute Gasteiger partial charge is 0.0342 e. The van der Waals surface area contributed by atoms with Crippen molar-refractivity contribution in [1.29, 1.82) is 0 Å². The molecule has 0 amide bonds. The number of allylic oxidation sites excluding steroid dienone is 4. The van der Waals surface area contributed by atoms with Crippen LogP contribution in [0.4, 0.5) is 0 Å². The monoisotopic (exact) mass is 194 g/mol. The Hall–Kier alpha value is -0.920. The van der Waals surface area contributed by atoms with Crippen molar-refractivity contribution in [2.75, 3.05) is 0 Å². The minimum absolute atomic E-state index is 1.08. The van der Waals surface area contributed by atoms with E-state index >= 15 is 0 Å². The first-order chi connectivity index (χ1) is 6.76. The zero-order valence-electron chi connectivity index (χ0n) is 9.83. The Morgan fingerprint density at radius 2 is 0.786 bits per heavy atom. The van der Waals surface area contributed by atoms with Crippen molar-refractivity contribution in [1.82, 2.24) is 10.6 Å². The number of nitrogens with one attached hydrogen (secondary N) is 2. The van der Waals surface area contributed by atoms with Crippen LogP contribution in [0.3, 0.4) is 0 Å². The van der Waals surface area contributed by atoms with E-state index < -0.39 is 0 Å². The van der Waals surface area contributed by atoms with Gasteiger partial charge in [0.2, 0.25) is 0 Å². The fraction of sp³-hybridized carbons (Fsp3) is 0.667. The van der Waals surface area contributed by atoms with E-state index in [1.807, 2.05) is 0 Å². The highest BCUT2D eigenvalue weighted by Crippen LogP contribution is 2.20. The second-order valence-corrected chi connectivity index (χ2v) is 3.58. The Kier molecular flexibility index (Phi) is 4.05. The van der Waals surface area contributed by atoms with Crippen LogP contribution < -0.4 is 10.6 Å². The van der Waals surface area contributed by atoms with E-state index in [4.69, 9.17) is 0 Å². The van der Waals surface area contributed by atoms with E-state index in [9.17, 15) is 0 Å². The van der Waals surface area contributed by atoms with Crippen LogP contribution >= 0.6 is 0 Å². The second-order valence-electron chi connectivity index (χ2n) is 3.58. The third kappa shape index (κ3) is 2.11. The molecule has 0 saturated carbocycles. The molecule has 0 bridgehead atoms. The standard InChI is InChI=1S/C12H22N2/c1-5-9-10(6-2)14-12(8-4)11(7-3)13-9/h13-14H,5-8H2,1-4H3. The highest BCUT2D eigenvalue weighted by molar-refractivity contribution is 5.29. The van der Waals surface area contributed by atoms with E-state index in [0.29, 0.717) is 0 Å². The molecule has 0 spiro atoms. The van der Waals surface area contributed by atoms with Gasteiger partial charge in [-0.3, -0.25) is 0 Å². The first-order valence-electron chi connectivity index (χ1n) is 5.74. The van der Waals surface area contributed by atoms with Gasteiger partial charge in [-0.2, -0.15) is 0 Å². The SMILES string of the molecule is CCC1=C(CC)NC(CC)=C(CC)N1. The molecule has 0 fully saturated rings. The number of hydrogen-bond donors (Lipinski definition) is 2. The molecule has 1 rings (SSSR count). The Bertz CT molecular complexity index is 209. The summed E-state index contributed by atoms with van der Waals surface area (Å²) < 4.78 is 0. The molecule has 0 aliphatic carbocycles. The molecule has 2 heteroatoms. The van der Waals surface area contributed by atoms with Gasteiger partial charge in [0.25, 0.3) is 0 Å². The largest absolute Gasteiger partial charge is 0.359 e. The molecular formula is C12H22N2. The minimum atomic E-state index is 1.08. The summed E-state index contributed by atoms with van der Waals surface area (Å²) >= 11 is 0. The Morgan fingerprint density at radius 3 is 0.929 bits per heavy atom. The summed E-state index contributed by atoms with van der Waals surface area (Å²) in [5.74, 6) is 0. The van der Waals surface area contributed by atoms with Gasteiger partial charge in [-0.25, -0.2) is 0 Å². The molecule has 80 valence electrons. The minimum Gasteiger partial charge on any atom is -0.359 e. The van der Waals surface area contributed by atoms with Gasteiger partial charge in [-0.1, -0.05) is 27.7 Å². The van der Waals surface area contributed by atoms with Crippen LogP contribution in [0.15, 0.2) is 22.8 Å². The summed E-state index contributed by atoms with van der Waals surface area (Å²) in [4.78, 5) is 0. The van der Waals surface area contributed by atoms with Crippen molar-refractivity contribution in [3.63, 3.8) is 0 Å². The summed E-state index contributed by atoms with van der Waals surface area (Å²) in [5.41, 5.74) is 5.45. The molecule has 14 heavy (non-hydrogen) atoms. The van der Waals surface area contributed by atoms with E-state index in [-0.39, 0.29) is 0 Å². The van der Waals surface area contributed by atoms with Crippen LogP contribution in [0.2, 0.25) is 0 Å². The van der Waals surface area contributed by atoms with E-state index in [1.54, 1.807) is 0 Å². The van der Waals surface area contributed by atoms with E-state index in [0.717, 1.165) is 25.7 Å². The van der Waals surface area contributed by atoms with Crippen molar-refractivity contribution >= 4 is 0 Å². The summed E-state index contributed by atoms with van der Waals surface area (Å²) in [5, 5.41) is 7.10. The van der Waals surface area contributed by atoms with Gasteiger partial charge in [0, 0.05) is 22.8 Å². The van der Waals surface area contributed by atoms with Crippen molar-refractivity contribution in [2.45, 2.75) is 53.4 Å². The summed E-state index contributed by atoms with van der Waals surface area (Å²) in [7, 11) is 0. The lowest BCUT2D eigenvalue weighted by molar-refractivity contribution is 0.682. The Morgan fingerprint density at radius 1 is 0.571 bits per heavy atom. The van der Waals surface area contributed by atoms with Crippen LogP contribution in [0.5, 0.6) is 0 Å². The second kappa shape index (κ2) is 5.08. The third-order valence-electron chi connectivity index (χ3n) is 2.75. The van der Waals surface area contributed by atoms with Crippen LogP contribution in [0.1, 0.15) is 53.4 Å². The molecule has 1 aliphatic rings. The first kappa shape index (κ1) is 11.2. The molecule has 0 saturated heterocycles. The van der Waals surface area contributed by atoms with Crippen molar-refractivity contribution in [3.05, 3.63) is 22.8 Å². The zero-order valence-corrected chi connectivity index (χ0v) is 9.83. The molecule has 0 radical (unpaired) electrons. The molecule has 2 nitrogen and oxygen atoms in total. The van der Waals surface area contributed by atoms with Crippen LogP contribution in [-0.4, -0.2) is 0 Å². The molecule has 2 N–H and O–H groups in total. The predicted octanol–water partition coefficient (Wildman–Crippen LogP) is 3.24. The average molecular weight is 194 g/mol. The normalized spacial score (nSPS) is 16.9. The molecule has 0 aromatic carbocycles. The van der Waals surface area contributed by atoms with Crippen molar-refractivity contribution in [2.24, 2.45) is 0 Å². The van der Waals surface area contributed by atoms with Gasteiger partial charge in [-0.05, 0) is 25.7 Å². The maximum absolute atomic E-state index is 3.55. The summed E-state index contributed by atoms with van der Waals surface area (Å²) in [6.07, 6.45) is 4.32. The summed E-state index contributed by atoms with van der Waals surface area (Å²) in [6.45, 7) is 8.79. The van der Waals surface area contributed by atoms with E-state index in [2.05, 4.69) is 38.3 Å². The van der Waals surface area contributed by atoms with Gasteiger partial charge < -0.3 is 10.6 Å². The predicted molar refractivity (Wildman–Crippen MR) is 61.5 cm³/mol. The van der Waals surface area contributed by atoms with Crippen LogP contribution in [-0.2, 0) is 0 Å². The van der Waals surface area contributed by atoms with Gasteiger partial charge in [0.15, 0.2) is 0 Å². The molecular weight excluding hydrogens is 172 g/mol. The lowest BCUT2D eigenvalue weighted by atomic mass is 10.1. The number of rotatable bonds is 4. The molecule has 1 aliphatic heterocycles. The first-order valence-corrected chi connectivity index (χ1v) is 5.74. The molecule has 1 heterocycles. The quantitative estimate of drug-likeness (QED) is 0.718. The van der Waals surface area contributed by atoms with Crippen LogP contribution in [0, 0.1) is 0 Å². The average Bonchev–Trinajstić information content (AvgIpc) is 2.26. The Labute approximate surface area is 87.5 Å². The van der Waals surface area contributed by atoms with Gasteiger partial charge in [0.1, 0.15) is 0 Å². The topological polar surface area (TPSA) is 24.1 Å². The molecule has 0 atom stereocenters. The maximum Gasteiger partial charge on any atom is 0.0342 e.